The second kappa shape index (κ2) is 3.67. The van der Waals surface area contributed by atoms with Gasteiger partial charge in [0.05, 0.1) is 12.5 Å². The fourth-order valence-corrected chi connectivity index (χ4v) is 1.50. The van der Waals surface area contributed by atoms with Crippen molar-refractivity contribution in [3.63, 3.8) is 0 Å². The van der Waals surface area contributed by atoms with E-state index in [0.29, 0.717) is 19.3 Å². The van der Waals surface area contributed by atoms with Crippen LogP contribution in [0.1, 0.15) is 25.7 Å². The number of carbonyl (C=O) groups is 2. The van der Waals surface area contributed by atoms with Crippen LogP contribution in [0.5, 0.6) is 0 Å². The first kappa shape index (κ1) is 9.19. The Hall–Kier alpha value is -0.900. The largest absolute Gasteiger partial charge is 0.481 e. The van der Waals surface area contributed by atoms with E-state index in [0.717, 1.165) is 0 Å². The Morgan fingerprint density at radius 3 is 2.83 bits per heavy atom. The zero-order chi connectivity index (χ0) is 9.14. The smallest absolute Gasteiger partial charge is 0.304 e. The summed E-state index contributed by atoms with van der Waals surface area (Å²) in [6.45, 7) is 0. The zero-order valence-electron chi connectivity index (χ0n) is 6.69. The topological polar surface area (TPSA) is 74.6 Å². The van der Waals surface area contributed by atoms with Gasteiger partial charge in [-0.2, -0.15) is 0 Å². The third-order valence-corrected chi connectivity index (χ3v) is 2.16. The molecule has 0 unspecified atom stereocenters. The summed E-state index contributed by atoms with van der Waals surface area (Å²) in [6.07, 6.45) is 0.474. The SMILES string of the molecule is O=C(O)C[C@@H]1C[C@@H](O)CCC1=O. The standard InChI is InChI=1S/C8H12O4/c9-6-1-2-7(10)5(3-6)4-8(11)12/h5-6,9H,1-4H2,(H,11,12)/t5-,6-/m0/s1. The van der Waals surface area contributed by atoms with E-state index in [2.05, 4.69) is 0 Å². The Morgan fingerprint density at radius 1 is 1.58 bits per heavy atom. The summed E-state index contributed by atoms with van der Waals surface area (Å²) in [5.41, 5.74) is 0. The molecule has 1 saturated carbocycles. The van der Waals surface area contributed by atoms with Crippen molar-refractivity contribution in [2.75, 3.05) is 0 Å². The van der Waals surface area contributed by atoms with E-state index < -0.39 is 18.0 Å². The second-order valence-electron chi connectivity index (χ2n) is 3.19. The van der Waals surface area contributed by atoms with Gasteiger partial charge in [0.2, 0.25) is 0 Å². The molecule has 4 heteroatoms. The number of ketones is 1. The van der Waals surface area contributed by atoms with Crippen LogP contribution < -0.4 is 0 Å². The molecule has 1 aliphatic carbocycles. The Labute approximate surface area is 70.2 Å². The van der Waals surface area contributed by atoms with Crippen LogP contribution in [0, 0.1) is 5.92 Å². The maximum atomic E-state index is 11.1. The quantitative estimate of drug-likeness (QED) is 0.623. The molecule has 2 atom stereocenters. The van der Waals surface area contributed by atoms with Crippen LogP contribution in [0.15, 0.2) is 0 Å². The molecule has 1 aliphatic rings. The van der Waals surface area contributed by atoms with E-state index in [1.165, 1.54) is 0 Å². The minimum Gasteiger partial charge on any atom is -0.481 e. The summed E-state index contributed by atoms with van der Waals surface area (Å²) < 4.78 is 0. The van der Waals surface area contributed by atoms with Gasteiger partial charge in [-0.1, -0.05) is 0 Å². The number of hydrogen-bond acceptors (Lipinski definition) is 3. The maximum absolute atomic E-state index is 11.1. The van der Waals surface area contributed by atoms with Crippen molar-refractivity contribution in [3.05, 3.63) is 0 Å². The average Bonchev–Trinajstić information content (AvgIpc) is 1.96. The normalized spacial score (nSPS) is 30.2. The van der Waals surface area contributed by atoms with Gasteiger partial charge in [0.1, 0.15) is 5.78 Å². The second-order valence-corrected chi connectivity index (χ2v) is 3.19. The molecule has 0 heterocycles. The number of hydrogen-bond donors (Lipinski definition) is 2. The highest BCUT2D eigenvalue weighted by atomic mass is 16.4. The molecule has 0 amide bonds. The molecule has 0 bridgehead atoms. The van der Waals surface area contributed by atoms with Gasteiger partial charge in [0, 0.05) is 12.3 Å². The number of carbonyl (C=O) groups excluding carboxylic acids is 1. The molecule has 0 saturated heterocycles. The lowest BCUT2D eigenvalue weighted by Crippen LogP contribution is -2.29. The lowest BCUT2D eigenvalue weighted by molar-refractivity contribution is -0.142. The molecule has 0 aliphatic heterocycles. The third kappa shape index (κ3) is 2.30. The highest BCUT2D eigenvalue weighted by Gasteiger charge is 2.28. The molecular formula is C8H12O4. The number of aliphatic hydroxyl groups excluding tert-OH is 1. The molecule has 0 aromatic carbocycles. The zero-order valence-corrected chi connectivity index (χ0v) is 6.69. The van der Waals surface area contributed by atoms with Gasteiger partial charge in [-0.25, -0.2) is 0 Å². The van der Waals surface area contributed by atoms with Crippen LogP contribution in [0.25, 0.3) is 0 Å². The minimum absolute atomic E-state index is 0.0253. The third-order valence-electron chi connectivity index (χ3n) is 2.16. The highest BCUT2D eigenvalue weighted by molar-refractivity contribution is 5.85. The summed E-state index contributed by atoms with van der Waals surface area (Å²) >= 11 is 0. The molecule has 0 aromatic heterocycles. The molecule has 12 heavy (non-hydrogen) atoms. The molecule has 2 N–H and O–H groups in total. The van der Waals surface area contributed by atoms with E-state index in [1.54, 1.807) is 0 Å². The first-order valence-electron chi connectivity index (χ1n) is 4.02. The van der Waals surface area contributed by atoms with Crippen molar-refractivity contribution in [2.45, 2.75) is 31.8 Å². The first-order valence-corrected chi connectivity index (χ1v) is 4.02. The van der Waals surface area contributed by atoms with Crippen molar-refractivity contribution in [3.8, 4) is 0 Å². The van der Waals surface area contributed by atoms with Crippen molar-refractivity contribution < 1.29 is 19.8 Å². The van der Waals surface area contributed by atoms with Crippen LogP contribution >= 0.6 is 0 Å². The molecule has 0 spiro atoms. The number of carboxylic acids is 1. The Morgan fingerprint density at radius 2 is 2.25 bits per heavy atom. The lowest BCUT2D eigenvalue weighted by atomic mass is 9.84. The summed E-state index contributed by atoms with van der Waals surface area (Å²) in [5, 5.41) is 17.6. The van der Waals surface area contributed by atoms with Crippen LogP contribution in [-0.2, 0) is 9.59 Å². The molecule has 1 fully saturated rings. The monoisotopic (exact) mass is 172 g/mol. The van der Waals surface area contributed by atoms with Gasteiger partial charge in [-0.05, 0) is 12.8 Å². The fraction of sp³-hybridized carbons (Fsp3) is 0.750. The minimum atomic E-state index is -0.970. The van der Waals surface area contributed by atoms with Crippen molar-refractivity contribution >= 4 is 11.8 Å². The fourth-order valence-electron chi connectivity index (χ4n) is 1.50. The molecule has 0 aromatic rings. The van der Waals surface area contributed by atoms with E-state index in [-0.39, 0.29) is 12.2 Å². The Balaban J connectivity index is 2.49. The van der Waals surface area contributed by atoms with Crippen LogP contribution in [0.4, 0.5) is 0 Å². The lowest BCUT2D eigenvalue weighted by Gasteiger charge is -2.23. The summed E-state index contributed by atoms with van der Waals surface area (Å²) in [4.78, 5) is 21.4. The van der Waals surface area contributed by atoms with E-state index in [4.69, 9.17) is 10.2 Å². The molecule has 1 rings (SSSR count). The summed E-state index contributed by atoms with van der Waals surface area (Å²) in [5.74, 6) is -1.46. The average molecular weight is 172 g/mol. The predicted octanol–water partition coefficient (Wildman–Crippen LogP) is 0.191. The number of rotatable bonds is 2. The maximum Gasteiger partial charge on any atom is 0.304 e. The van der Waals surface area contributed by atoms with E-state index in [1.807, 2.05) is 0 Å². The van der Waals surface area contributed by atoms with Gasteiger partial charge in [-0.15, -0.1) is 0 Å². The Kier molecular flexibility index (Phi) is 2.81. The molecule has 0 radical (unpaired) electrons. The van der Waals surface area contributed by atoms with Crippen molar-refractivity contribution in [1.29, 1.82) is 0 Å². The molecular weight excluding hydrogens is 160 g/mol. The Bertz CT molecular complexity index is 199. The number of carboxylic acid groups (broad SMARTS) is 1. The number of aliphatic carboxylic acids is 1. The predicted molar refractivity (Wildman–Crippen MR) is 40.6 cm³/mol. The summed E-state index contributed by atoms with van der Waals surface area (Å²) in [7, 11) is 0. The van der Waals surface area contributed by atoms with E-state index >= 15 is 0 Å². The van der Waals surface area contributed by atoms with Gasteiger partial charge < -0.3 is 10.2 Å². The first-order chi connectivity index (χ1) is 5.59. The van der Waals surface area contributed by atoms with Gasteiger partial charge >= 0.3 is 5.97 Å². The van der Waals surface area contributed by atoms with Crippen molar-refractivity contribution in [1.82, 2.24) is 0 Å². The van der Waals surface area contributed by atoms with Gasteiger partial charge in [0.15, 0.2) is 0 Å². The molecule has 4 nitrogen and oxygen atoms in total. The van der Waals surface area contributed by atoms with Crippen LogP contribution in [0.2, 0.25) is 0 Å². The summed E-state index contributed by atoms with van der Waals surface area (Å²) in [6, 6.07) is 0. The van der Waals surface area contributed by atoms with Crippen molar-refractivity contribution in [2.24, 2.45) is 5.92 Å². The van der Waals surface area contributed by atoms with E-state index in [9.17, 15) is 9.59 Å². The van der Waals surface area contributed by atoms with Crippen LogP contribution in [-0.4, -0.2) is 28.1 Å². The van der Waals surface area contributed by atoms with Crippen LogP contribution in [0.3, 0.4) is 0 Å². The number of Topliss-reactive ketones (excluding diaryl/α,β-unsaturated/α-hetero) is 1. The van der Waals surface area contributed by atoms with Gasteiger partial charge in [-0.3, -0.25) is 9.59 Å². The number of aliphatic hydroxyl groups is 1. The highest BCUT2D eigenvalue weighted by Crippen LogP contribution is 2.23. The molecule has 68 valence electrons. The van der Waals surface area contributed by atoms with Gasteiger partial charge in [0.25, 0.3) is 0 Å².